The minimum absolute atomic E-state index is 0.422. The van der Waals surface area contributed by atoms with Crippen molar-refractivity contribution in [2.75, 3.05) is 0 Å². The second-order valence-electron chi connectivity index (χ2n) is 3.43. The highest BCUT2D eigenvalue weighted by Crippen LogP contribution is 2.18. The van der Waals surface area contributed by atoms with Crippen LogP contribution in [0.4, 0.5) is 0 Å². The van der Waals surface area contributed by atoms with E-state index >= 15 is 0 Å². The Morgan fingerprint density at radius 3 is 3.00 bits per heavy atom. The van der Waals surface area contributed by atoms with Crippen molar-refractivity contribution in [2.24, 2.45) is 5.73 Å². The van der Waals surface area contributed by atoms with Crippen molar-refractivity contribution in [2.45, 2.75) is 19.9 Å². The van der Waals surface area contributed by atoms with E-state index in [0.29, 0.717) is 16.6 Å². The molecule has 16 heavy (non-hydrogen) atoms. The number of hydrogen-bond acceptors (Lipinski definition) is 3. The van der Waals surface area contributed by atoms with Gasteiger partial charge in [-0.15, -0.1) is 0 Å². The fourth-order valence-corrected chi connectivity index (χ4v) is 1.91. The number of nitrogens with two attached hydrogens (primary N) is 1. The summed E-state index contributed by atoms with van der Waals surface area (Å²) >= 11 is 10.8. The molecule has 0 unspecified atom stereocenters. The van der Waals surface area contributed by atoms with Gasteiger partial charge in [0, 0.05) is 12.6 Å². The summed E-state index contributed by atoms with van der Waals surface area (Å²) < 4.78 is 1.92. The normalized spacial score (nSPS) is 10.9. The quantitative estimate of drug-likeness (QED) is 0.851. The molecule has 0 saturated carbocycles. The highest BCUT2D eigenvalue weighted by Gasteiger charge is 2.11. The Hall–Kier alpha value is -1.20. The molecule has 2 N–H and O–H groups in total. The molecule has 0 bridgehead atoms. The van der Waals surface area contributed by atoms with Gasteiger partial charge >= 0.3 is 0 Å². The lowest BCUT2D eigenvalue weighted by atomic mass is 10.4. The molecule has 0 aliphatic rings. The molecule has 2 heterocycles. The largest absolute Gasteiger partial charge is 0.392 e. The average molecular weight is 255 g/mol. The molecule has 84 valence electrons. The van der Waals surface area contributed by atoms with Crippen molar-refractivity contribution in [3.8, 4) is 0 Å². The standard InChI is InChI=1S/C10H11ClN4S/c1-2-9-14-7-3-6(11)4-13-10(7)15(9)5-8(12)16/h3-4H,2,5H2,1H3,(H2,12,16). The second kappa shape index (κ2) is 4.35. The molecule has 0 fully saturated rings. The summed E-state index contributed by atoms with van der Waals surface area (Å²) in [5.74, 6) is 0.914. The molecule has 0 radical (unpaired) electrons. The lowest BCUT2D eigenvalue weighted by Gasteiger charge is -2.05. The van der Waals surface area contributed by atoms with E-state index < -0.39 is 0 Å². The first-order chi connectivity index (χ1) is 7.61. The monoisotopic (exact) mass is 254 g/mol. The zero-order chi connectivity index (χ0) is 11.7. The van der Waals surface area contributed by atoms with Gasteiger partial charge in [0.2, 0.25) is 0 Å². The molecule has 0 aliphatic carbocycles. The molecule has 2 rings (SSSR count). The number of nitrogens with zero attached hydrogens (tertiary/aromatic N) is 3. The second-order valence-corrected chi connectivity index (χ2v) is 4.39. The van der Waals surface area contributed by atoms with Crippen LogP contribution in [0.25, 0.3) is 11.2 Å². The number of fused-ring (bicyclic) bond motifs is 1. The van der Waals surface area contributed by atoms with E-state index in [1.54, 1.807) is 12.3 Å². The minimum atomic E-state index is 0.422. The SMILES string of the molecule is CCc1nc2cc(Cl)cnc2n1CC(N)=S. The van der Waals surface area contributed by atoms with Crippen molar-refractivity contribution in [3.05, 3.63) is 23.1 Å². The van der Waals surface area contributed by atoms with Crippen molar-refractivity contribution in [3.63, 3.8) is 0 Å². The van der Waals surface area contributed by atoms with Crippen molar-refractivity contribution in [1.82, 2.24) is 14.5 Å². The van der Waals surface area contributed by atoms with Gasteiger partial charge in [-0.1, -0.05) is 30.7 Å². The minimum Gasteiger partial charge on any atom is -0.392 e. The van der Waals surface area contributed by atoms with E-state index in [1.165, 1.54) is 0 Å². The maximum Gasteiger partial charge on any atom is 0.160 e. The van der Waals surface area contributed by atoms with Gasteiger partial charge in [0.05, 0.1) is 16.6 Å². The first-order valence-corrected chi connectivity index (χ1v) is 5.69. The maximum absolute atomic E-state index is 5.87. The Bertz CT molecular complexity index is 549. The molecular weight excluding hydrogens is 244 g/mol. The number of aryl methyl sites for hydroxylation is 1. The summed E-state index contributed by atoms with van der Waals surface area (Å²) in [5.41, 5.74) is 7.11. The first-order valence-electron chi connectivity index (χ1n) is 4.90. The highest BCUT2D eigenvalue weighted by molar-refractivity contribution is 7.80. The third-order valence-corrected chi connectivity index (χ3v) is 2.60. The van der Waals surface area contributed by atoms with E-state index in [1.807, 2.05) is 11.5 Å². The topological polar surface area (TPSA) is 56.7 Å². The number of pyridine rings is 1. The molecule has 0 saturated heterocycles. The van der Waals surface area contributed by atoms with Gasteiger partial charge < -0.3 is 10.3 Å². The van der Waals surface area contributed by atoms with Crippen molar-refractivity contribution in [1.29, 1.82) is 0 Å². The maximum atomic E-state index is 5.87. The molecule has 2 aromatic heterocycles. The zero-order valence-electron chi connectivity index (χ0n) is 8.77. The van der Waals surface area contributed by atoms with Crippen LogP contribution < -0.4 is 5.73 Å². The predicted octanol–water partition coefficient (Wildman–Crippen LogP) is 1.93. The van der Waals surface area contributed by atoms with Crippen LogP contribution in [0, 0.1) is 0 Å². The van der Waals surface area contributed by atoms with Gasteiger partial charge in [-0.25, -0.2) is 9.97 Å². The smallest absolute Gasteiger partial charge is 0.160 e. The summed E-state index contributed by atoms with van der Waals surface area (Å²) in [6.07, 6.45) is 2.40. The summed E-state index contributed by atoms with van der Waals surface area (Å²) in [5, 5.41) is 0.579. The third kappa shape index (κ3) is 2.01. The number of thiocarbonyl (C=S) groups is 1. The Kier molecular flexibility index (Phi) is 3.07. The van der Waals surface area contributed by atoms with Gasteiger partial charge in [0.15, 0.2) is 5.65 Å². The van der Waals surface area contributed by atoms with Crippen LogP contribution in [0.5, 0.6) is 0 Å². The average Bonchev–Trinajstić information content (AvgIpc) is 2.55. The molecule has 0 spiro atoms. The summed E-state index contributed by atoms with van der Waals surface area (Å²) in [6, 6.07) is 1.79. The van der Waals surface area contributed by atoms with Crippen LogP contribution in [0.3, 0.4) is 0 Å². The first kappa shape index (κ1) is 11.3. The number of halogens is 1. The fraction of sp³-hybridized carbons (Fsp3) is 0.300. The van der Waals surface area contributed by atoms with Crippen LogP contribution in [0.1, 0.15) is 12.7 Å². The lowest BCUT2D eigenvalue weighted by molar-refractivity contribution is 0.784. The Morgan fingerprint density at radius 2 is 2.38 bits per heavy atom. The molecule has 4 nitrogen and oxygen atoms in total. The van der Waals surface area contributed by atoms with Gasteiger partial charge in [-0.2, -0.15) is 0 Å². The van der Waals surface area contributed by atoms with E-state index in [4.69, 9.17) is 29.6 Å². The zero-order valence-corrected chi connectivity index (χ0v) is 10.3. The van der Waals surface area contributed by atoms with E-state index in [-0.39, 0.29) is 0 Å². The number of imidazole rings is 1. The number of hydrogen-bond donors (Lipinski definition) is 1. The Balaban J connectivity index is 2.63. The molecule has 6 heteroatoms. The highest BCUT2D eigenvalue weighted by atomic mass is 35.5. The van der Waals surface area contributed by atoms with E-state index in [0.717, 1.165) is 23.4 Å². The van der Waals surface area contributed by atoms with Crippen LogP contribution >= 0.6 is 23.8 Å². The molecule has 0 aromatic carbocycles. The summed E-state index contributed by atoms with van der Waals surface area (Å²) in [4.78, 5) is 9.12. The molecule has 0 amide bonds. The molecule has 0 aliphatic heterocycles. The van der Waals surface area contributed by atoms with Crippen LogP contribution in [0.15, 0.2) is 12.3 Å². The third-order valence-electron chi connectivity index (χ3n) is 2.26. The molecule has 2 aromatic rings. The van der Waals surface area contributed by atoms with E-state index in [9.17, 15) is 0 Å². The Labute approximate surface area is 103 Å². The summed E-state index contributed by atoms with van der Waals surface area (Å²) in [7, 11) is 0. The van der Waals surface area contributed by atoms with Gasteiger partial charge in [-0.05, 0) is 6.07 Å². The van der Waals surface area contributed by atoms with E-state index in [2.05, 4.69) is 9.97 Å². The van der Waals surface area contributed by atoms with Crippen LogP contribution in [0.2, 0.25) is 5.02 Å². The summed E-state index contributed by atoms with van der Waals surface area (Å²) in [6.45, 7) is 2.49. The molecule has 0 atom stereocenters. The van der Waals surface area contributed by atoms with Crippen molar-refractivity contribution >= 4 is 40.0 Å². The number of aromatic nitrogens is 3. The molecular formula is C10H11ClN4S. The van der Waals surface area contributed by atoms with Gasteiger partial charge in [-0.3, -0.25) is 0 Å². The van der Waals surface area contributed by atoms with Crippen molar-refractivity contribution < 1.29 is 0 Å². The van der Waals surface area contributed by atoms with Crippen LogP contribution in [-0.4, -0.2) is 19.5 Å². The van der Waals surface area contributed by atoms with Gasteiger partial charge in [0.1, 0.15) is 11.3 Å². The van der Waals surface area contributed by atoms with Gasteiger partial charge in [0.25, 0.3) is 0 Å². The van der Waals surface area contributed by atoms with Crippen LogP contribution in [-0.2, 0) is 13.0 Å². The lowest BCUT2D eigenvalue weighted by Crippen LogP contribution is -2.18. The fourth-order valence-electron chi connectivity index (χ4n) is 1.63. The Morgan fingerprint density at radius 1 is 1.62 bits per heavy atom. The number of rotatable bonds is 3. The predicted molar refractivity (Wildman–Crippen MR) is 68.7 cm³/mol.